The standard InChI is InChI=1S/C15H22N2O/c1-18-15-9-5-4-8-14(15)17-11-10-16-12-6-2-3-7-13(12)17/h4-5,8-9,12-13,16H,2-3,6-7,10-11H2,1H3/t12-,13+/m0/s1. The first-order chi connectivity index (χ1) is 8.90. The van der Waals surface area contributed by atoms with E-state index in [-0.39, 0.29) is 0 Å². The van der Waals surface area contributed by atoms with Crippen LogP contribution in [0.1, 0.15) is 25.7 Å². The van der Waals surface area contributed by atoms with Gasteiger partial charge in [0.1, 0.15) is 5.75 Å². The van der Waals surface area contributed by atoms with Crippen molar-refractivity contribution >= 4 is 5.69 Å². The van der Waals surface area contributed by atoms with E-state index in [0.717, 1.165) is 18.8 Å². The lowest BCUT2D eigenvalue weighted by Crippen LogP contribution is -2.59. The summed E-state index contributed by atoms with van der Waals surface area (Å²) in [5.74, 6) is 1.00. The predicted molar refractivity (Wildman–Crippen MR) is 74.4 cm³/mol. The van der Waals surface area contributed by atoms with Crippen molar-refractivity contribution in [3.8, 4) is 5.75 Å². The molecular formula is C15H22N2O. The van der Waals surface area contributed by atoms with E-state index in [2.05, 4.69) is 28.4 Å². The Kier molecular flexibility index (Phi) is 3.41. The van der Waals surface area contributed by atoms with Crippen LogP contribution in [0.5, 0.6) is 5.75 Å². The van der Waals surface area contributed by atoms with Crippen LogP contribution in [0, 0.1) is 0 Å². The molecule has 1 aromatic rings. The Bertz CT molecular complexity index is 405. The average molecular weight is 246 g/mol. The smallest absolute Gasteiger partial charge is 0.142 e. The fraction of sp³-hybridized carbons (Fsp3) is 0.600. The number of nitrogens with zero attached hydrogens (tertiary/aromatic N) is 1. The number of anilines is 1. The summed E-state index contributed by atoms with van der Waals surface area (Å²) in [6.45, 7) is 2.17. The summed E-state index contributed by atoms with van der Waals surface area (Å²) in [5.41, 5.74) is 1.26. The summed E-state index contributed by atoms with van der Waals surface area (Å²) in [7, 11) is 1.76. The Balaban J connectivity index is 1.89. The molecule has 1 aliphatic heterocycles. The third-order valence-electron chi connectivity index (χ3n) is 4.28. The molecule has 3 rings (SSSR count). The molecule has 1 heterocycles. The fourth-order valence-corrected chi connectivity index (χ4v) is 3.42. The number of hydrogen-bond acceptors (Lipinski definition) is 3. The van der Waals surface area contributed by atoms with Gasteiger partial charge in [-0.25, -0.2) is 0 Å². The van der Waals surface area contributed by atoms with Crippen LogP contribution in [-0.2, 0) is 0 Å². The first-order valence-electron chi connectivity index (χ1n) is 7.03. The highest BCUT2D eigenvalue weighted by molar-refractivity contribution is 5.59. The van der Waals surface area contributed by atoms with Gasteiger partial charge in [-0.15, -0.1) is 0 Å². The molecule has 0 unspecified atom stereocenters. The summed E-state index contributed by atoms with van der Waals surface area (Å²) >= 11 is 0. The van der Waals surface area contributed by atoms with Gasteiger partial charge in [-0.05, 0) is 25.0 Å². The van der Waals surface area contributed by atoms with Crippen molar-refractivity contribution < 1.29 is 4.74 Å². The number of para-hydroxylation sites is 2. The first-order valence-corrected chi connectivity index (χ1v) is 7.03. The number of nitrogens with one attached hydrogen (secondary N) is 1. The molecule has 1 saturated heterocycles. The predicted octanol–water partition coefficient (Wildman–Crippen LogP) is 2.42. The van der Waals surface area contributed by atoms with Gasteiger partial charge < -0.3 is 15.0 Å². The number of methoxy groups -OCH3 is 1. The number of hydrogen-bond donors (Lipinski definition) is 1. The van der Waals surface area contributed by atoms with Crippen LogP contribution < -0.4 is 15.0 Å². The lowest BCUT2D eigenvalue weighted by Gasteiger charge is -2.46. The van der Waals surface area contributed by atoms with E-state index in [1.807, 2.05) is 6.07 Å². The molecule has 3 heteroatoms. The van der Waals surface area contributed by atoms with Crippen LogP contribution in [0.4, 0.5) is 5.69 Å². The van der Waals surface area contributed by atoms with Crippen molar-refractivity contribution in [3.63, 3.8) is 0 Å². The van der Waals surface area contributed by atoms with E-state index in [4.69, 9.17) is 4.74 Å². The van der Waals surface area contributed by atoms with Crippen molar-refractivity contribution in [1.29, 1.82) is 0 Å². The molecule has 2 fully saturated rings. The van der Waals surface area contributed by atoms with Crippen LogP contribution in [0.2, 0.25) is 0 Å². The second-order valence-corrected chi connectivity index (χ2v) is 5.28. The second kappa shape index (κ2) is 5.19. The average Bonchev–Trinajstić information content (AvgIpc) is 2.46. The van der Waals surface area contributed by atoms with E-state index in [1.165, 1.54) is 31.4 Å². The summed E-state index contributed by atoms with van der Waals surface area (Å²) < 4.78 is 5.52. The zero-order valence-corrected chi connectivity index (χ0v) is 11.1. The van der Waals surface area contributed by atoms with Crippen LogP contribution >= 0.6 is 0 Å². The molecule has 1 aliphatic carbocycles. The van der Waals surface area contributed by atoms with Gasteiger partial charge in [-0.1, -0.05) is 25.0 Å². The molecule has 2 aliphatic rings. The van der Waals surface area contributed by atoms with Gasteiger partial charge in [0.05, 0.1) is 12.8 Å². The van der Waals surface area contributed by atoms with Crippen LogP contribution in [-0.4, -0.2) is 32.3 Å². The molecule has 0 aromatic heterocycles. The van der Waals surface area contributed by atoms with Gasteiger partial charge in [0.2, 0.25) is 0 Å². The normalized spacial score (nSPS) is 27.7. The maximum Gasteiger partial charge on any atom is 0.142 e. The molecule has 3 nitrogen and oxygen atoms in total. The highest BCUT2D eigenvalue weighted by atomic mass is 16.5. The Morgan fingerprint density at radius 1 is 1.22 bits per heavy atom. The Hall–Kier alpha value is -1.22. The van der Waals surface area contributed by atoms with Crippen molar-refractivity contribution in [2.45, 2.75) is 37.8 Å². The fourth-order valence-electron chi connectivity index (χ4n) is 3.42. The van der Waals surface area contributed by atoms with Gasteiger partial charge in [-0.2, -0.15) is 0 Å². The summed E-state index contributed by atoms with van der Waals surface area (Å²) in [5, 5.41) is 3.68. The number of rotatable bonds is 2. The monoisotopic (exact) mass is 246 g/mol. The minimum atomic E-state index is 0.642. The van der Waals surface area contributed by atoms with E-state index < -0.39 is 0 Å². The van der Waals surface area contributed by atoms with Gasteiger partial charge in [-0.3, -0.25) is 0 Å². The first kappa shape index (κ1) is 11.8. The molecule has 1 N–H and O–H groups in total. The van der Waals surface area contributed by atoms with Crippen molar-refractivity contribution in [2.24, 2.45) is 0 Å². The van der Waals surface area contributed by atoms with Crippen LogP contribution in [0.25, 0.3) is 0 Å². The van der Waals surface area contributed by atoms with Gasteiger partial charge in [0.15, 0.2) is 0 Å². The summed E-state index contributed by atoms with van der Waals surface area (Å²) in [4.78, 5) is 2.55. The second-order valence-electron chi connectivity index (χ2n) is 5.28. The lowest BCUT2D eigenvalue weighted by molar-refractivity contribution is 0.282. The van der Waals surface area contributed by atoms with Crippen LogP contribution in [0.15, 0.2) is 24.3 Å². The SMILES string of the molecule is COc1ccccc1N1CCN[C@H]2CCCC[C@H]21. The molecule has 18 heavy (non-hydrogen) atoms. The van der Waals surface area contributed by atoms with Crippen molar-refractivity contribution in [3.05, 3.63) is 24.3 Å². The number of piperazine rings is 1. The summed E-state index contributed by atoms with van der Waals surface area (Å²) in [6, 6.07) is 9.72. The highest BCUT2D eigenvalue weighted by Crippen LogP contribution is 2.34. The van der Waals surface area contributed by atoms with E-state index in [1.54, 1.807) is 7.11 Å². The Morgan fingerprint density at radius 2 is 2.06 bits per heavy atom. The molecule has 0 bridgehead atoms. The zero-order chi connectivity index (χ0) is 12.4. The largest absolute Gasteiger partial charge is 0.495 e. The number of fused-ring (bicyclic) bond motifs is 1. The number of benzene rings is 1. The molecule has 1 aromatic carbocycles. The minimum absolute atomic E-state index is 0.642. The van der Waals surface area contributed by atoms with Crippen molar-refractivity contribution in [1.82, 2.24) is 5.32 Å². The molecule has 0 spiro atoms. The Morgan fingerprint density at radius 3 is 2.94 bits per heavy atom. The van der Waals surface area contributed by atoms with Gasteiger partial charge >= 0.3 is 0 Å². The van der Waals surface area contributed by atoms with E-state index >= 15 is 0 Å². The lowest BCUT2D eigenvalue weighted by atomic mass is 9.87. The maximum atomic E-state index is 5.52. The van der Waals surface area contributed by atoms with Gasteiger partial charge in [0.25, 0.3) is 0 Å². The molecule has 1 saturated carbocycles. The van der Waals surface area contributed by atoms with Crippen LogP contribution in [0.3, 0.4) is 0 Å². The van der Waals surface area contributed by atoms with E-state index in [0.29, 0.717) is 12.1 Å². The number of ether oxygens (including phenoxy) is 1. The quantitative estimate of drug-likeness (QED) is 0.867. The minimum Gasteiger partial charge on any atom is -0.495 e. The third-order valence-corrected chi connectivity index (χ3v) is 4.28. The van der Waals surface area contributed by atoms with Gasteiger partial charge in [0, 0.05) is 25.2 Å². The maximum absolute atomic E-state index is 5.52. The van der Waals surface area contributed by atoms with E-state index in [9.17, 15) is 0 Å². The third kappa shape index (κ3) is 2.07. The zero-order valence-electron chi connectivity index (χ0n) is 11.1. The topological polar surface area (TPSA) is 24.5 Å². The summed E-state index contributed by atoms with van der Waals surface area (Å²) in [6.07, 6.45) is 5.34. The molecule has 98 valence electrons. The molecular weight excluding hydrogens is 224 g/mol. The highest BCUT2D eigenvalue weighted by Gasteiger charge is 2.33. The van der Waals surface area contributed by atoms with Crippen molar-refractivity contribution in [2.75, 3.05) is 25.1 Å². The molecule has 0 amide bonds. The molecule has 2 atom stereocenters. The Labute approximate surface area is 109 Å². The molecule has 0 radical (unpaired) electrons.